The second-order valence-electron chi connectivity index (χ2n) is 2.69. The fourth-order valence-electron chi connectivity index (χ4n) is 1.09. The van der Waals surface area contributed by atoms with Crippen molar-refractivity contribution in [2.45, 2.75) is 6.42 Å². The summed E-state index contributed by atoms with van der Waals surface area (Å²) in [4.78, 5) is 22.4. The second-order valence-corrected chi connectivity index (χ2v) is 2.69. The standard InChI is InChI=1S/C9H8N4O/c14-5-2-8-6-13(7-12-8)9-10-3-1-4-11-9/h1,3-7H,2H2. The van der Waals surface area contributed by atoms with Crippen molar-refractivity contribution in [1.29, 1.82) is 0 Å². The first-order chi connectivity index (χ1) is 6.90. The maximum atomic E-state index is 10.2. The topological polar surface area (TPSA) is 60.7 Å². The van der Waals surface area contributed by atoms with E-state index in [2.05, 4.69) is 15.0 Å². The van der Waals surface area contributed by atoms with E-state index in [1.165, 1.54) is 0 Å². The van der Waals surface area contributed by atoms with Gasteiger partial charge in [0, 0.05) is 25.0 Å². The lowest BCUT2D eigenvalue weighted by Crippen LogP contribution is -1.96. The Morgan fingerprint density at radius 2 is 2.07 bits per heavy atom. The smallest absolute Gasteiger partial charge is 0.234 e. The van der Waals surface area contributed by atoms with E-state index in [1.807, 2.05) is 0 Å². The summed E-state index contributed by atoms with van der Waals surface area (Å²) in [5.41, 5.74) is 0.715. The zero-order chi connectivity index (χ0) is 9.80. The van der Waals surface area contributed by atoms with Crippen LogP contribution in [0.5, 0.6) is 0 Å². The van der Waals surface area contributed by atoms with Crippen LogP contribution in [0.25, 0.3) is 5.95 Å². The zero-order valence-corrected chi connectivity index (χ0v) is 7.37. The van der Waals surface area contributed by atoms with Crippen molar-refractivity contribution >= 4 is 6.29 Å². The van der Waals surface area contributed by atoms with Gasteiger partial charge in [0.1, 0.15) is 12.6 Å². The highest BCUT2D eigenvalue weighted by molar-refractivity contribution is 5.53. The third-order valence-corrected chi connectivity index (χ3v) is 1.71. The van der Waals surface area contributed by atoms with Gasteiger partial charge in [0.15, 0.2) is 0 Å². The lowest BCUT2D eigenvalue weighted by Gasteiger charge is -1.96. The number of hydrogen-bond acceptors (Lipinski definition) is 4. The van der Waals surface area contributed by atoms with Crippen LogP contribution in [0.4, 0.5) is 0 Å². The largest absolute Gasteiger partial charge is 0.303 e. The van der Waals surface area contributed by atoms with E-state index in [9.17, 15) is 4.79 Å². The number of carbonyl (C=O) groups is 1. The summed E-state index contributed by atoms with van der Waals surface area (Å²) in [6.07, 6.45) is 7.78. The number of nitrogens with zero attached hydrogens (tertiary/aromatic N) is 4. The molecule has 0 aliphatic carbocycles. The van der Waals surface area contributed by atoms with Gasteiger partial charge in [-0.2, -0.15) is 0 Å². The summed E-state index contributed by atoms with van der Waals surface area (Å²) < 4.78 is 1.68. The quantitative estimate of drug-likeness (QED) is 0.654. The molecule has 14 heavy (non-hydrogen) atoms. The first-order valence-corrected chi connectivity index (χ1v) is 4.14. The maximum absolute atomic E-state index is 10.2. The molecule has 0 radical (unpaired) electrons. The summed E-state index contributed by atoms with van der Waals surface area (Å²) in [6, 6.07) is 1.74. The van der Waals surface area contributed by atoms with Crippen LogP contribution in [0.2, 0.25) is 0 Å². The van der Waals surface area contributed by atoms with E-state index in [1.54, 1.807) is 35.6 Å². The molecule has 70 valence electrons. The molecule has 2 aromatic heterocycles. The van der Waals surface area contributed by atoms with E-state index >= 15 is 0 Å². The molecule has 0 fully saturated rings. The van der Waals surface area contributed by atoms with E-state index in [0.29, 0.717) is 18.1 Å². The minimum absolute atomic E-state index is 0.319. The third kappa shape index (κ3) is 1.66. The van der Waals surface area contributed by atoms with Crippen LogP contribution in [0.3, 0.4) is 0 Å². The first kappa shape index (κ1) is 8.55. The summed E-state index contributed by atoms with van der Waals surface area (Å²) in [5.74, 6) is 0.553. The molecule has 0 aliphatic rings. The molecule has 0 N–H and O–H groups in total. The van der Waals surface area contributed by atoms with Gasteiger partial charge < -0.3 is 4.79 Å². The molecule has 5 heteroatoms. The summed E-state index contributed by atoms with van der Waals surface area (Å²) in [6.45, 7) is 0. The van der Waals surface area contributed by atoms with Crippen molar-refractivity contribution in [3.8, 4) is 5.95 Å². The normalized spacial score (nSPS) is 10.0. The van der Waals surface area contributed by atoms with Crippen molar-refractivity contribution in [1.82, 2.24) is 19.5 Å². The van der Waals surface area contributed by atoms with E-state index < -0.39 is 0 Å². The highest BCUT2D eigenvalue weighted by Gasteiger charge is 2.00. The number of carbonyl (C=O) groups excluding carboxylic acids is 1. The lowest BCUT2D eigenvalue weighted by molar-refractivity contribution is -0.107. The van der Waals surface area contributed by atoms with Crippen molar-refractivity contribution in [2.24, 2.45) is 0 Å². The summed E-state index contributed by atoms with van der Waals surface area (Å²) in [5, 5.41) is 0. The molecule has 0 saturated heterocycles. The Labute approximate surface area is 80.5 Å². The molecule has 0 aromatic carbocycles. The Kier molecular flexibility index (Phi) is 2.31. The number of hydrogen-bond donors (Lipinski definition) is 0. The van der Waals surface area contributed by atoms with Gasteiger partial charge in [-0.1, -0.05) is 0 Å². The predicted molar refractivity (Wildman–Crippen MR) is 48.9 cm³/mol. The van der Waals surface area contributed by atoms with Crippen LogP contribution in [0, 0.1) is 0 Å². The Balaban J connectivity index is 2.29. The van der Waals surface area contributed by atoms with Gasteiger partial charge in [-0.3, -0.25) is 4.57 Å². The van der Waals surface area contributed by atoms with Crippen molar-refractivity contribution < 1.29 is 4.79 Å². The van der Waals surface area contributed by atoms with Gasteiger partial charge in [0.05, 0.1) is 5.69 Å². The number of rotatable bonds is 3. The monoisotopic (exact) mass is 188 g/mol. The van der Waals surface area contributed by atoms with Crippen molar-refractivity contribution in [3.63, 3.8) is 0 Å². The summed E-state index contributed by atoms with van der Waals surface area (Å²) in [7, 11) is 0. The molecule has 0 spiro atoms. The second kappa shape index (κ2) is 3.78. The maximum Gasteiger partial charge on any atom is 0.234 e. The number of aromatic nitrogens is 4. The molecular formula is C9H8N4O. The Hall–Kier alpha value is -2.04. The van der Waals surface area contributed by atoms with Crippen molar-refractivity contribution in [3.05, 3.63) is 36.7 Å². The number of aldehydes is 1. The van der Waals surface area contributed by atoms with Gasteiger partial charge in [0.25, 0.3) is 0 Å². The Morgan fingerprint density at radius 3 is 2.79 bits per heavy atom. The molecule has 0 amide bonds. The molecule has 0 aliphatic heterocycles. The van der Waals surface area contributed by atoms with Gasteiger partial charge in [0.2, 0.25) is 5.95 Å². The number of imidazole rings is 1. The lowest BCUT2D eigenvalue weighted by atomic mass is 10.4. The molecular weight excluding hydrogens is 180 g/mol. The van der Waals surface area contributed by atoms with Crippen LogP contribution in [0.15, 0.2) is 31.0 Å². The molecule has 0 bridgehead atoms. The van der Waals surface area contributed by atoms with Crippen LogP contribution >= 0.6 is 0 Å². The van der Waals surface area contributed by atoms with Crippen molar-refractivity contribution in [2.75, 3.05) is 0 Å². The van der Waals surface area contributed by atoms with Gasteiger partial charge >= 0.3 is 0 Å². The van der Waals surface area contributed by atoms with Gasteiger partial charge in [-0.15, -0.1) is 0 Å². The van der Waals surface area contributed by atoms with Crippen LogP contribution < -0.4 is 0 Å². The van der Waals surface area contributed by atoms with Gasteiger partial charge in [-0.25, -0.2) is 15.0 Å². The highest BCUT2D eigenvalue weighted by Crippen LogP contribution is 2.01. The average molecular weight is 188 g/mol. The van der Waals surface area contributed by atoms with Crippen LogP contribution in [-0.4, -0.2) is 25.8 Å². The Morgan fingerprint density at radius 1 is 1.29 bits per heavy atom. The molecule has 2 rings (SSSR count). The van der Waals surface area contributed by atoms with Crippen LogP contribution in [-0.2, 0) is 11.2 Å². The van der Waals surface area contributed by atoms with E-state index in [4.69, 9.17) is 0 Å². The fraction of sp³-hybridized carbons (Fsp3) is 0.111. The predicted octanol–water partition coefficient (Wildman–Crippen LogP) is 0.404. The molecule has 2 heterocycles. The first-order valence-electron chi connectivity index (χ1n) is 4.14. The molecule has 0 unspecified atom stereocenters. The molecule has 0 saturated carbocycles. The van der Waals surface area contributed by atoms with Crippen LogP contribution in [0.1, 0.15) is 5.69 Å². The fourth-order valence-corrected chi connectivity index (χ4v) is 1.09. The molecule has 0 atom stereocenters. The highest BCUT2D eigenvalue weighted by atomic mass is 16.1. The minimum Gasteiger partial charge on any atom is -0.303 e. The molecule has 5 nitrogen and oxygen atoms in total. The zero-order valence-electron chi connectivity index (χ0n) is 7.37. The van der Waals surface area contributed by atoms with E-state index in [-0.39, 0.29) is 0 Å². The average Bonchev–Trinajstić information content (AvgIpc) is 2.68. The summed E-state index contributed by atoms with van der Waals surface area (Å²) >= 11 is 0. The SMILES string of the molecule is O=CCc1cn(-c2ncccn2)cn1. The van der Waals surface area contributed by atoms with E-state index in [0.717, 1.165) is 6.29 Å². The third-order valence-electron chi connectivity index (χ3n) is 1.71. The minimum atomic E-state index is 0.319. The Bertz CT molecular complexity index is 423. The molecule has 2 aromatic rings. The van der Waals surface area contributed by atoms with Gasteiger partial charge in [-0.05, 0) is 6.07 Å².